The van der Waals surface area contributed by atoms with Crippen LogP contribution >= 0.6 is 11.3 Å². The number of rotatable bonds is 6. The molecule has 26 heavy (non-hydrogen) atoms. The van der Waals surface area contributed by atoms with Crippen molar-refractivity contribution in [2.24, 2.45) is 5.73 Å². The van der Waals surface area contributed by atoms with Crippen LogP contribution in [-0.4, -0.2) is 16.0 Å². The molecule has 0 bridgehead atoms. The molecule has 0 spiro atoms. The Kier molecular flexibility index (Phi) is 5.29. The summed E-state index contributed by atoms with van der Waals surface area (Å²) in [5.41, 5.74) is 6.66. The molecule has 1 aromatic carbocycles. The minimum Gasteiger partial charge on any atom is -0.387 e. The summed E-state index contributed by atoms with van der Waals surface area (Å²) in [6.07, 6.45) is -0.121. The number of pyridine rings is 1. The second-order valence-corrected chi connectivity index (χ2v) is 6.75. The van der Waals surface area contributed by atoms with E-state index in [0.29, 0.717) is 33.4 Å². The normalized spacial score (nSPS) is 12.0. The van der Waals surface area contributed by atoms with E-state index in [1.807, 2.05) is 6.92 Å². The van der Waals surface area contributed by atoms with Crippen molar-refractivity contribution < 1.29 is 14.3 Å². The molecular formula is C19H18FN3O2S. The Morgan fingerprint density at radius 2 is 2.08 bits per heavy atom. The van der Waals surface area contributed by atoms with Crippen LogP contribution in [0, 0.1) is 5.82 Å². The average molecular weight is 371 g/mol. The first-order chi connectivity index (χ1) is 12.5. The van der Waals surface area contributed by atoms with E-state index in [2.05, 4.69) is 10.3 Å². The topological polar surface area (TPSA) is 88.2 Å². The molecule has 134 valence electrons. The van der Waals surface area contributed by atoms with Gasteiger partial charge in [-0.1, -0.05) is 31.2 Å². The van der Waals surface area contributed by atoms with Gasteiger partial charge >= 0.3 is 0 Å². The van der Waals surface area contributed by atoms with Gasteiger partial charge in [-0.25, -0.2) is 9.37 Å². The summed E-state index contributed by atoms with van der Waals surface area (Å²) in [6, 6.07) is 13.1. The van der Waals surface area contributed by atoms with E-state index in [1.165, 1.54) is 17.4 Å². The first-order valence-electron chi connectivity index (χ1n) is 8.10. The summed E-state index contributed by atoms with van der Waals surface area (Å²) in [4.78, 5) is 16.7. The number of nitrogens with zero attached hydrogens (tertiary/aromatic N) is 1. The number of halogens is 1. The van der Waals surface area contributed by atoms with Crippen LogP contribution in [0.5, 0.6) is 0 Å². The number of hydrogen-bond donors (Lipinski definition) is 3. The van der Waals surface area contributed by atoms with E-state index in [0.717, 1.165) is 0 Å². The number of anilines is 2. The Morgan fingerprint density at radius 1 is 1.31 bits per heavy atom. The number of aliphatic hydroxyl groups excluding tert-OH is 1. The Morgan fingerprint density at radius 3 is 2.77 bits per heavy atom. The maximum atomic E-state index is 14.1. The van der Waals surface area contributed by atoms with E-state index in [4.69, 9.17) is 5.73 Å². The summed E-state index contributed by atoms with van der Waals surface area (Å²) in [5.74, 6) is -0.516. The molecule has 3 aromatic rings. The van der Waals surface area contributed by atoms with E-state index >= 15 is 0 Å². The molecule has 0 aliphatic heterocycles. The highest BCUT2D eigenvalue weighted by molar-refractivity contribution is 7.19. The highest BCUT2D eigenvalue weighted by Crippen LogP contribution is 2.37. The Balaban J connectivity index is 1.98. The Labute approximate surface area is 154 Å². The molecule has 0 fully saturated rings. The lowest BCUT2D eigenvalue weighted by atomic mass is 10.1. The zero-order valence-corrected chi connectivity index (χ0v) is 14.9. The number of nitrogens with one attached hydrogen (secondary N) is 1. The number of aliphatic hydroxyl groups is 1. The van der Waals surface area contributed by atoms with Crippen LogP contribution in [0.2, 0.25) is 0 Å². The lowest BCUT2D eigenvalue weighted by Crippen LogP contribution is -2.11. The number of hydrogen-bond acceptors (Lipinski definition) is 5. The van der Waals surface area contributed by atoms with Gasteiger partial charge in [-0.05, 0) is 30.7 Å². The predicted molar refractivity (Wildman–Crippen MR) is 101 cm³/mol. The zero-order valence-electron chi connectivity index (χ0n) is 14.1. The Bertz CT molecular complexity index is 942. The van der Waals surface area contributed by atoms with Crippen molar-refractivity contribution in [2.45, 2.75) is 19.4 Å². The maximum absolute atomic E-state index is 14.1. The van der Waals surface area contributed by atoms with Gasteiger partial charge in [0, 0.05) is 10.4 Å². The monoisotopic (exact) mass is 371 g/mol. The van der Waals surface area contributed by atoms with E-state index in [1.54, 1.807) is 42.5 Å². The summed E-state index contributed by atoms with van der Waals surface area (Å²) in [7, 11) is 0. The fourth-order valence-corrected chi connectivity index (χ4v) is 3.59. The molecule has 4 N–H and O–H groups in total. The van der Waals surface area contributed by atoms with Gasteiger partial charge in [0.25, 0.3) is 5.91 Å². The van der Waals surface area contributed by atoms with Gasteiger partial charge in [-0.2, -0.15) is 0 Å². The van der Waals surface area contributed by atoms with Crippen molar-refractivity contribution in [3.63, 3.8) is 0 Å². The molecule has 7 heteroatoms. The zero-order chi connectivity index (χ0) is 18.7. The van der Waals surface area contributed by atoms with Crippen LogP contribution in [0.1, 0.15) is 35.5 Å². The van der Waals surface area contributed by atoms with Crippen molar-refractivity contribution >= 4 is 28.1 Å². The lowest BCUT2D eigenvalue weighted by Gasteiger charge is -2.10. The third-order valence-corrected chi connectivity index (χ3v) is 4.96. The van der Waals surface area contributed by atoms with Gasteiger partial charge in [-0.3, -0.25) is 4.79 Å². The number of amides is 1. The van der Waals surface area contributed by atoms with Gasteiger partial charge in [0.15, 0.2) is 0 Å². The molecule has 1 atom stereocenters. The molecule has 2 heterocycles. The van der Waals surface area contributed by atoms with Gasteiger partial charge in [-0.15, -0.1) is 11.3 Å². The second-order valence-electron chi connectivity index (χ2n) is 5.69. The van der Waals surface area contributed by atoms with Crippen LogP contribution in [0.25, 0.3) is 10.4 Å². The van der Waals surface area contributed by atoms with Crippen molar-refractivity contribution in [3.8, 4) is 10.4 Å². The van der Waals surface area contributed by atoms with Crippen molar-refractivity contribution in [3.05, 3.63) is 65.6 Å². The van der Waals surface area contributed by atoms with Crippen LogP contribution in [0.3, 0.4) is 0 Å². The molecule has 0 aliphatic carbocycles. The molecule has 5 nitrogen and oxygen atoms in total. The fourth-order valence-electron chi connectivity index (χ4n) is 2.49. The lowest BCUT2D eigenvalue weighted by molar-refractivity contribution is 0.100. The molecule has 1 amide bonds. The summed E-state index contributed by atoms with van der Waals surface area (Å²) in [6.45, 7) is 1.86. The molecule has 2 aromatic heterocycles. The van der Waals surface area contributed by atoms with Crippen LogP contribution in [0.15, 0.2) is 48.5 Å². The molecule has 0 saturated heterocycles. The standard InChI is InChI=1S/C19H18FN3O2S/c1-2-15(24)14-8-5-9-17(22-14)23-19-12(18(21)25)10-16(26-19)11-6-3-4-7-13(11)20/h3-10,15,24H,2H2,1H3,(H2,21,25)(H,22,23). The highest BCUT2D eigenvalue weighted by Gasteiger charge is 2.17. The predicted octanol–water partition coefficient (Wildman–Crippen LogP) is 4.24. The average Bonchev–Trinajstić information content (AvgIpc) is 3.05. The van der Waals surface area contributed by atoms with Gasteiger partial charge in [0.05, 0.1) is 17.4 Å². The molecule has 1 unspecified atom stereocenters. The number of aromatic nitrogens is 1. The van der Waals surface area contributed by atoms with Crippen molar-refractivity contribution in [2.75, 3.05) is 5.32 Å². The molecule has 3 rings (SSSR count). The minimum absolute atomic E-state index is 0.261. The quantitative estimate of drug-likeness (QED) is 0.605. The highest BCUT2D eigenvalue weighted by atomic mass is 32.1. The van der Waals surface area contributed by atoms with Crippen LogP contribution in [0.4, 0.5) is 15.2 Å². The molecule has 0 saturated carbocycles. The smallest absolute Gasteiger partial charge is 0.251 e. The molecule has 0 aliphatic rings. The summed E-state index contributed by atoms with van der Waals surface area (Å²) < 4.78 is 14.1. The Hall–Kier alpha value is -2.77. The van der Waals surface area contributed by atoms with E-state index in [9.17, 15) is 14.3 Å². The minimum atomic E-state index is -0.662. The number of nitrogens with two attached hydrogens (primary N) is 1. The van der Waals surface area contributed by atoms with Crippen molar-refractivity contribution in [1.82, 2.24) is 4.98 Å². The third-order valence-electron chi connectivity index (χ3n) is 3.88. The fraction of sp³-hybridized carbons (Fsp3) is 0.158. The van der Waals surface area contributed by atoms with E-state index < -0.39 is 12.0 Å². The van der Waals surface area contributed by atoms with Gasteiger partial charge in [0.2, 0.25) is 0 Å². The second kappa shape index (κ2) is 7.63. The maximum Gasteiger partial charge on any atom is 0.251 e. The number of thiophene rings is 1. The summed E-state index contributed by atoms with van der Waals surface area (Å²) in [5, 5.41) is 13.5. The number of benzene rings is 1. The van der Waals surface area contributed by atoms with Gasteiger partial charge in [0.1, 0.15) is 16.6 Å². The largest absolute Gasteiger partial charge is 0.387 e. The molecular weight excluding hydrogens is 353 g/mol. The SMILES string of the molecule is CCC(O)c1cccc(Nc2sc(-c3ccccc3F)cc2C(N)=O)n1. The van der Waals surface area contributed by atoms with Crippen LogP contribution < -0.4 is 11.1 Å². The number of carbonyl (C=O) groups excluding carboxylic acids is 1. The van der Waals surface area contributed by atoms with Crippen molar-refractivity contribution in [1.29, 1.82) is 0 Å². The first kappa shape index (κ1) is 18.0. The van der Waals surface area contributed by atoms with Crippen LogP contribution in [-0.2, 0) is 0 Å². The summed E-state index contributed by atoms with van der Waals surface area (Å²) >= 11 is 1.22. The molecule has 0 radical (unpaired) electrons. The van der Waals surface area contributed by atoms with E-state index in [-0.39, 0.29) is 11.4 Å². The van der Waals surface area contributed by atoms with Gasteiger partial charge < -0.3 is 16.2 Å². The number of carbonyl (C=O) groups is 1. The number of primary amides is 1. The third kappa shape index (κ3) is 3.74. The first-order valence-corrected chi connectivity index (χ1v) is 8.91.